The number of hydrogen-bond donors (Lipinski definition) is 1. The van der Waals surface area contributed by atoms with Gasteiger partial charge in [-0.25, -0.2) is 0 Å². The van der Waals surface area contributed by atoms with Crippen molar-refractivity contribution in [3.05, 3.63) is 28.8 Å². The SMILES string of the molecule is CCC1(C(=O)c2ccc(Cl)c(OC)c2)CCNCC1. The van der Waals surface area contributed by atoms with Gasteiger partial charge in [0.2, 0.25) is 0 Å². The Morgan fingerprint density at radius 3 is 2.68 bits per heavy atom. The number of nitrogens with one attached hydrogen (secondary N) is 1. The molecule has 0 aliphatic carbocycles. The van der Waals surface area contributed by atoms with Crippen molar-refractivity contribution in [2.45, 2.75) is 26.2 Å². The minimum absolute atomic E-state index is 0.214. The van der Waals surface area contributed by atoms with E-state index >= 15 is 0 Å². The monoisotopic (exact) mass is 281 g/mol. The highest BCUT2D eigenvalue weighted by Crippen LogP contribution is 2.37. The van der Waals surface area contributed by atoms with Crippen molar-refractivity contribution < 1.29 is 9.53 Å². The Balaban J connectivity index is 2.31. The molecule has 0 amide bonds. The third-order valence-corrected chi connectivity index (χ3v) is 4.44. The van der Waals surface area contributed by atoms with E-state index in [0.29, 0.717) is 16.3 Å². The first-order chi connectivity index (χ1) is 9.13. The lowest BCUT2D eigenvalue weighted by Gasteiger charge is -2.35. The number of halogens is 1. The van der Waals surface area contributed by atoms with E-state index in [1.165, 1.54) is 0 Å². The van der Waals surface area contributed by atoms with Crippen molar-refractivity contribution in [2.75, 3.05) is 20.2 Å². The number of carbonyl (C=O) groups excluding carboxylic acids is 1. The summed E-state index contributed by atoms with van der Waals surface area (Å²) in [6.07, 6.45) is 2.67. The summed E-state index contributed by atoms with van der Waals surface area (Å²) in [5.41, 5.74) is 0.467. The van der Waals surface area contributed by atoms with Gasteiger partial charge >= 0.3 is 0 Å². The maximum Gasteiger partial charge on any atom is 0.169 e. The van der Waals surface area contributed by atoms with Crippen LogP contribution in [0.25, 0.3) is 0 Å². The quantitative estimate of drug-likeness (QED) is 0.861. The molecule has 1 aromatic carbocycles. The zero-order valence-electron chi connectivity index (χ0n) is 11.5. The first-order valence-corrected chi connectivity index (χ1v) is 7.10. The van der Waals surface area contributed by atoms with E-state index in [0.717, 1.165) is 32.4 Å². The molecule has 1 heterocycles. The summed E-state index contributed by atoms with van der Waals surface area (Å²) >= 11 is 6.01. The second-order valence-corrected chi connectivity index (χ2v) is 5.47. The zero-order chi connectivity index (χ0) is 13.9. The van der Waals surface area contributed by atoms with Crippen LogP contribution < -0.4 is 10.1 Å². The number of benzene rings is 1. The largest absolute Gasteiger partial charge is 0.495 e. The van der Waals surface area contributed by atoms with E-state index in [9.17, 15) is 4.79 Å². The van der Waals surface area contributed by atoms with Gasteiger partial charge in [-0.15, -0.1) is 0 Å². The van der Waals surface area contributed by atoms with Gasteiger partial charge in [-0.2, -0.15) is 0 Å². The molecule has 1 aromatic rings. The van der Waals surface area contributed by atoms with E-state index in [1.54, 1.807) is 25.3 Å². The van der Waals surface area contributed by atoms with Crippen LogP contribution in [0, 0.1) is 5.41 Å². The highest BCUT2D eigenvalue weighted by Gasteiger charge is 2.38. The molecule has 104 valence electrons. The van der Waals surface area contributed by atoms with Crippen LogP contribution >= 0.6 is 11.6 Å². The van der Waals surface area contributed by atoms with Crippen molar-refractivity contribution in [1.82, 2.24) is 5.32 Å². The third kappa shape index (κ3) is 2.77. The van der Waals surface area contributed by atoms with E-state index < -0.39 is 0 Å². The first-order valence-electron chi connectivity index (χ1n) is 6.72. The molecule has 0 spiro atoms. The van der Waals surface area contributed by atoms with Gasteiger partial charge in [-0.3, -0.25) is 4.79 Å². The fourth-order valence-electron chi connectivity index (χ4n) is 2.75. The fourth-order valence-corrected chi connectivity index (χ4v) is 2.95. The second-order valence-electron chi connectivity index (χ2n) is 5.06. The molecule has 3 nitrogen and oxygen atoms in total. The number of hydrogen-bond acceptors (Lipinski definition) is 3. The summed E-state index contributed by atoms with van der Waals surface area (Å²) in [7, 11) is 1.57. The predicted molar refractivity (Wildman–Crippen MR) is 77.2 cm³/mol. The Bertz CT molecular complexity index is 467. The Labute approximate surface area is 119 Å². The van der Waals surface area contributed by atoms with Crippen LogP contribution in [0.5, 0.6) is 5.75 Å². The summed E-state index contributed by atoms with van der Waals surface area (Å²) < 4.78 is 5.19. The third-order valence-electron chi connectivity index (χ3n) is 4.13. The number of piperidine rings is 1. The highest BCUT2D eigenvalue weighted by atomic mass is 35.5. The predicted octanol–water partition coefficient (Wildman–Crippen LogP) is 3.31. The fraction of sp³-hybridized carbons (Fsp3) is 0.533. The van der Waals surface area contributed by atoms with Crippen LogP contribution in [0.15, 0.2) is 18.2 Å². The summed E-state index contributed by atoms with van der Waals surface area (Å²) in [4.78, 5) is 12.8. The second kappa shape index (κ2) is 5.93. The van der Waals surface area contributed by atoms with E-state index in [-0.39, 0.29) is 11.2 Å². The molecular weight excluding hydrogens is 262 g/mol. The Kier molecular flexibility index (Phi) is 4.48. The van der Waals surface area contributed by atoms with Crippen molar-refractivity contribution in [3.8, 4) is 5.75 Å². The number of ketones is 1. The summed E-state index contributed by atoms with van der Waals surface area (Å²) in [5.74, 6) is 0.777. The molecule has 0 saturated carbocycles. The normalized spacial score (nSPS) is 18.1. The standard InChI is InChI=1S/C15H20ClNO2/c1-3-15(6-8-17-9-7-15)14(18)11-4-5-12(16)13(10-11)19-2/h4-5,10,17H,3,6-9H2,1-2H3. The molecule has 1 saturated heterocycles. The van der Waals surface area contributed by atoms with Gasteiger partial charge in [0.05, 0.1) is 12.1 Å². The minimum Gasteiger partial charge on any atom is -0.495 e. The maximum absolute atomic E-state index is 12.8. The molecule has 1 fully saturated rings. The summed E-state index contributed by atoms with van der Waals surface area (Å²) in [6.45, 7) is 3.91. The minimum atomic E-state index is -0.232. The number of rotatable bonds is 4. The molecule has 0 aromatic heterocycles. The average molecular weight is 282 g/mol. The van der Waals surface area contributed by atoms with Crippen LogP contribution in [0.3, 0.4) is 0 Å². The molecule has 0 bridgehead atoms. The molecule has 19 heavy (non-hydrogen) atoms. The first kappa shape index (κ1) is 14.4. The number of carbonyl (C=O) groups is 1. The topological polar surface area (TPSA) is 38.3 Å². The van der Waals surface area contributed by atoms with E-state index in [1.807, 2.05) is 0 Å². The zero-order valence-corrected chi connectivity index (χ0v) is 12.2. The van der Waals surface area contributed by atoms with Gasteiger partial charge in [-0.05, 0) is 50.6 Å². The van der Waals surface area contributed by atoms with Crippen LogP contribution in [0.2, 0.25) is 5.02 Å². The van der Waals surface area contributed by atoms with Gasteiger partial charge < -0.3 is 10.1 Å². The lowest BCUT2D eigenvalue weighted by atomic mass is 9.71. The molecular formula is C15H20ClNO2. The van der Waals surface area contributed by atoms with Gasteiger partial charge in [0.25, 0.3) is 0 Å². The van der Waals surface area contributed by atoms with Crippen molar-refractivity contribution in [2.24, 2.45) is 5.41 Å². The molecule has 2 rings (SSSR count). The molecule has 1 aliphatic heterocycles. The molecule has 0 atom stereocenters. The molecule has 1 N–H and O–H groups in total. The van der Waals surface area contributed by atoms with E-state index in [2.05, 4.69) is 12.2 Å². The van der Waals surface area contributed by atoms with Gasteiger partial charge in [-0.1, -0.05) is 18.5 Å². The van der Waals surface area contributed by atoms with Crippen molar-refractivity contribution in [1.29, 1.82) is 0 Å². The molecule has 0 unspecified atom stereocenters. The summed E-state index contributed by atoms with van der Waals surface area (Å²) in [6, 6.07) is 5.29. The maximum atomic E-state index is 12.8. The summed E-state index contributed by atoms with van der Waals surface area (Å²) in [5, 5.41) is 3.85. The van der Waals surface area contributed by atoms with Gasteiger partial charge in [0.15, 0.2) is 5.78 Å². The van der Waals surface area contributed by atoms with Crippen molar-refractivity contribution >= 4 is 17.4 Å². The van der Waals surface area contributed by atoms with Crippen LogP contribution in [-0.4, -0.2) is 26.0 Å². The highest BCUT2D eigenvalue weighted by molar-refractivity contribution is 6.32. The van der Waals surface area contributed by atoms with Crippen LogP contribution in [0.1, 0.15) is 36.5 Å². The number of Topliss-reactive ketones (excluding diaryl/α,β-unsaturated/α-hetero) is 1. The molecule has 1 aliphatic rings. The van der Waals surface area contributed by atoms with Crippen LogP contribution in [-0.2, 0) is 0 Å². The number of ether oxygens (including phenoxy) is 1. The van der Waals surface area contributed by atoms with Crippen LogP contribution in [0.4, 0.5) is 0 Å². The number of methoxy groups -OCH3 is 1. The Morgan fingerprint density at radius 1 is 1.42 bits per heavy atom. The Hall–Kier alpha value is -1.06. The van der Waals surface area contributed by atoms with E-state index in [4.69, 9.17) is 16.3 Å². The molecule has 0 radical (unpaired) electrons. The van der Waals surface area contributed by atoms with Gasteiger partial charge in [0, 0.05) is 11.0 Å². The lowest BCUT2D eigenvalue weighted by Crippen LogP contribution is -2.41. The van der Waals surface area contributed by atoms with Gasteiger partial charge in [0.1, 0.15) is 5.75 Å². The Morgan fingerprint density at radius 2 is 2.11 bits per heavy atom. The smallest absolute Gasteiger partial charge is 0.169 e. The van der Waals surface area contributed by atoms with Crippen molar-refractivity contribution in [3.63, 3.8) is 0 Å². The average Bonchev–Trinajstić information content (AvgIpc) is 2.47. The molecule has 4 heteroatoms. The lowest BCUT2D eigenvalue weighted by molar-refractivity contribution is 0.0717.